The van der Waals surface area contributed by atoms with E-state index in [2.05, 4.69) is 25.2 Å². The standard InChI is InChI=1S/C20H28F2N6.HI/c1-15-24-10-13-27(15)11-4-3-9-25-20(23-2)26-16-8-12-28(14-16)19-17(21)6-5-7-18(19)22;/h5-7,10,13,16H,3-4,8-9,11-12,14H2,1-2H3,(H2,23,25,26);1H. The number of hydrogen-bond acceptors (Lipinski definition) is 3. The van der Waals surface area contributed by atoms with E-state index in [0.717, 1.165) is 44.1 Å². The minimum absolute atomic E-state index is 0. The van der Waals surface area contributed by atoms with E-state index >= 15 is 0 Å². The Bertz CT molecular complexity index is 790. The molecule has 1 atom stereocenters. The van der Waals surface area contributed by atoms with Crippen LogP contribution in [0.25, 0.3) is 0 Å². The summed E-state index contributed by atoms with van der Waals surface area (Å²) >= 11 is 0. The molecule has 0 aliphatic carbocycles. The molecule has 29 heavy (non-hydrogen) atoms. The molecule has 0 radical (unpaired) electrons. The van der Waals surface area contributed by atoms with Gasteiger partial charge in [-0.1, -0.05) is 6.07 Å². The fourth-order valence-corrected chi connectivity index (χ4v) is 3.51. The molecule has 1 aromatic carbocycles. The highest BCUT2D eigenvalue weighted by Crippen LogP contribution is 2.26. The average molecular weight is 518 g/mol. The normalized spacial score (nSPS) is 16.6. The van der Waals surface area contributed by atoms with Gasteiger partial charge in [0.25, 0.3) is 0 Å². The minimum Gasteiger partial charge on any atom is -0.365 e. The van der Waals surface area contributed by atoms with Crippen molar-refractivity contribution < 1.29 is 8.78 Å². The third-order valence-corrected chi connectivity index (χ3v) is 5.05. The van der Waals surface area contributed by atoms with E-state index in [1.807, 2.05) is 19.3 Å². The van der Waals surface area contributed by atoms with Crippen LogP contribution in [-0.2, 0) is 6.54 Å². The molecule has 1 unspecified atom stereocenters. The van der Waals surface area contributed by atoms with E-state index in [9.17, 15) is 8.78 Å². The molecule has 6 nitrogen and oxygen atoms in total. The highest BCUT2D eigenvalue weighted by molar-refractivity contribution is 14.0. The quantitative estimate of drug-likeness (QED) is 0.256. The fraction of sp³-hybridized carbons (Fsp3) is 0.500. The maximum Gasteiger partial charge on any atom is 0.191 e. The number of aliphatic imine (C=N–C) groups is 1. The molecule has 1 aromatic heterocycles. The van der Waals surface area contributed by atoms with Crippen LogP contribution in [0.15, 0.2) is 35.6 Å². The Hall–Kier alpha value is -1.91. The summed E-state index contributed by atoms with van der Waals surface area (Å²) in [5.74, 6) is 0.717. The zero-order chi connectivity index (χ0) is 19.9. The second kappa shape index (κ2) is 11.3. The van der Waals surface area contributed by atoms with Crippen molar-refractivity contribution in [3.63, 3.8) is 0 Å². The highest BCUT2D eigenvalue weighted by Gasteiger charge is 2.27. The van der Waals surface area contributed by atoms with Gasteiger partial charge in [-0.2, -0.15) is 0 Å². The maximum atomic E-state index is 14.0. The number of unbranched alkanes of at least 4 members (excludes halogenated alkanes) is 1. The highest BCUT2D eigenvalue weighted by atomic mass is 127. The summed E-state index contributed by atoms with van der Waals surface area (Å²) in [4.78, 5) is 10.2. The zero-order valence-electron chi connectivity index (χ0n) is 16.9. The molecule has 2 N–H and O–H groups in total. The topological polar surface area (TPSA) is 57.5 Å². The number of para-hydroxylation sites is 1. The number of benzene rings is 1. The molecule has 0 spiro atoms. The second-order valence-electron chi connectivity index (χ2n) is 7.02. The van der Waals surface area contributed by atoms with Crippen LogP contribution in [-0.4, -0.2) is 48.2 Å². The van der Waals surface area contributed by atoms with Crippen molar-refractivity contribution in [3.05, 3.63) is 48.1 Å². The van der Waals surface area contributed by atoms with Gasteiger partial charge in [0.05, 0.1) is 0 Å². The summed E-state index contributed by atoms with van der Waals surface area (Å²) in [5, 5.41) is 6.67. The first-order chi connectivity index (χ1) is 13.6. The lowest BCUT2D eigenvalue weighted by molar-refractivity contribution is 0.574. The van der Waals surface area contributed by atoms with Crippen LogP contribution >= 0.6 is 24.0 Å². The van der Waals surface area contributed by atoms with Crippen molar-refractivity contribution in [2.75, 3.05) is 31.6 Å². The van der Waals surface area contributed by atoms with Crippen molar-refractivity contribution in [2.24, 2.45) is 4.99 Å². The fourth-order valence-electron chi connectivity index (χ4n) is 3.51. The third kappa shape index (κ3) is 6.28. The van der Waals surface area contributed by atoms with Gasteiger partial charge in [-0.3, -0.25) is 4.99 Å². The Morgan fingerprint density at radius 2 is 2.03 bits per heavy atom. The second-order valence-corrected chi connectivity index (χ2v) is 7.02. The van der Waals surface area contributed by atoms with Crippen LogP contribution in [0.3, 0.4) is 0 Å². The van der Waals surface area contributed by atoms with Crippen molar-refractivity contribution >= 4 is 35.6 Å². The Morgan fingerprint density at radius 1 is 1.28 bits per heavy atom. The molecular formula is C20H29F2IN6. The van der Waals surface area contributed by atoms with Gasteiger partial charge in [0.2, 0.25) is 0 Å². The number of nitrogens with zero attached hydrogens (tertiary/aromatic N) is 4. The van der Waals surface area contributed by atoms with E-state index in [4.69, 9.17) is 0 Å². The Balaban J connectivity index is 0.00000300. The number of aromatic nitrogens is 2. The van der Waals surface area contributed by atoms with E-state index < -0.39 is 11.6 Å². The van der Waals surface area contributed by atoms with E-state index in [0.29, 0.717) is 13.1 Å². The van der Waals surface area contributed by atoms with Gasteiger partial charge in [-0.15, -0.1) is 24.0 Å². The number of anilines is 1. The number of halogens is 3. The molecule has 0 bridgehead atoms. The first-order valence-corrected chi connectivity index (χ1v) is 9.72. The van der Waals surface area contributed by atoms with Crippen LogP contribution in [0.2, 0.25) is 0 Å². The van der Waals surface area contributed by atoms with E-state index in [1.54, 1.807) is 11.9 Å². The first kappa shape index (κ1) is 23.4. The number of aryl methyl sites for hydroxylation is 2. The summed E-state index contributed by atoms with van der Waals surface area (Å²) in [5.41, 5.74) is 0.0598. The molecule has 9 heteroatoms. The number of imidazole rings is 1. The lowest BCUT2D eigenvalue weighted by atomic mass is 10.2. The van der Waals surface area contributed by atoms with E-state index in [1.165, 1.54) is 18.2 Å². The SMILES string of the molecule is CN=C(NCCCCn1ccnc1C)NC1CCN(c2c(F)cccc2F)C1.I. The van der Waals surface area contributed by atoms with E-state index in [-0.39, 0.29) is 35.7 Å². The third-order valence-electron chi connectivity index (χ3n) is 5.05. The molecule has 1 fully saturated rings. The van der Waals surface area contributed by atoms with Crippen molar-refractivity contribution in [3.8, 4) is 0 Å². The summed E-state index contributed by atoms with van der Waals surface area (Å²) in [6.07, 6.45) is 6.67. The number of nitrogens with one attached hydrogen (secondary N) is 2. The zero-order valence-corrected chi connectivity index (χ0v) is 19.2. The summed E-state index contributed by atoms with van der Waals surface area (Å²) in [6.45, 7) is 4.91. The lowest BCUT2D eigenvalue weighted by Gasteiger charge is -2.21. The smallest absolute Gasteiger partial charge is 0.191 e. The Labute approximate surface area is 187 Å². The van der Waals surface area contributed by atoms with Crippen LogP contribution in [0.5, 0.6) is 0 Å². The molecule has 160 valence electrons. The van der Waals surface area contributed by atoms with Crippen molar-refractivity contribution in [2.45, 2.75) is 38.8 Å². The molecule has 2 aromatic rings. The summed E-state index contributed by atoms with van der Waals surface area (Å²) < 4.78 is 30.1. The monoisotopic (exact) mass is 518 g/mol. The van der Waals surface area contributed by atoms with Gasteiger partial charge in [0, 0.05) is 51.7 Å². The minimum atomic E-state index is -0.517. The molecule has 0 saturated carbocycles. The number of guanidine groups is 1. The summed E-state index contributed by atoms with van der Waals surface area (Å²) in [6, 6.07) is 4.08. The average Bonchev–Trinajstić information content (AvgIpc) is 3.29. The lowest BCUT2D eigenvalue weighted by Crippen LogP contribution is -2.45. The van der Waals surface area contributed by atoms with Crippen LogP contribution in [0.1, 0.15) is 25.1 Å². The van der Waals surface area contributed by atoms with Gasteiger partial charge in [0.1, 0.15) is 23.1 Å². The molecule has 1 saturated heterocycles. The predicted octanol–water partition coefficient (Wildman–Crippen LogP) is 3.31. The molecule has 3 rings (SSSR count). The van der Waals surface area contributed by atoms with Gasteiger partial charge in [-0.25, -0.2) is 13.8 Å². The number of rotatable bonds is 7. The van der Waals surface area contributed by atoms with Crippen LogP contribution in [0, 0.1) is 18.6 Å². The molecule has 2 heterocycles. The predicted molar refractivity (Wildman–Crippen MR) is 123 cm³/mol. The molecular weight excluding hydrogens is 489 g/mol. The van der Waals surface area contributed by atoms with Gasteiger partial charge in [-0.05, 0) is 38.3 Å². The molecule has 0 amide bonds. The summed E-state index contributed by atoms with van der Waals surface area (Å²) in [7, 11) is 1.73. The first-order valence-electron chi connectivity index (χ1n) is 9.72. The molecule has 1 aliphatic heterocycles. The number of hydrogen-bond donors (Lipinski definition) is 2. The van der Waals surface area contributed by atoms with Gasteiger partial charge < -0.3 is 20.1 Å². The van der Waals surface area contributed by atoms with Gasteiger partial charge >= 0.3 is 0 Å². The molecule has 1 aliphatic rings. The van der Waals surface area contributed by atoms with Crippen molar-refractivity contribution in [1.29, 1.82) is 0 Å². The Kier molecular flexibility index (Phi) is 9.12. The maximum absolute atomic E-state index is 14.0. The van der Waals surface area contributed by atoms with Crippen LogP contribution < -0.4 is 15.5 Å². The Morgan fingerprint density at radius 3 is 2.69 bits per heavy atom. The van der Waals surface area contributed by atoms with Crippen molar-refractivity contribution in [1.82, 2.24) is 20.2 Å². The van der Waals surface area contributed by atoms with Crippen LogP contribution in [0.4, 0.5) is 14.5 Å². The largest absolute Gasteiger partial charge is 0.365 e. The van der Waals surface area contributed by atoms with Gasteiger partial charge in [0.15, 0.2) is 5.96 Å².